The topological polar surface area (TPSA) is 59.3 Å². The van der Waals surface area contributed by atoms with Crippen molar-refractivity contribution in [3.05, 3.63) is 71.5 Å². The number of fused-ring (bicyclic) bond motifs is 5. The van der Waals surface area contributed by atoms with Crippen molar-refractivity contribution in [2.24, 2.45) is 18.9 Å². The van der Waals surface area contributed by atoms with E-state index in [2.05, 4.69) is 40.0 Å². The Morgan fingerprint density at radius 1 is 0.794 bits per heavy atom. The van der Waals surface area contributed by atoms with E-state index < -0.39 is 0 Å². The summed E-state index contributed by atoms with van der Waals surface area (Å²) in [4.78, 5) is 29.1. The second kappa shape index (κ2) is 6.93. The van der Waals surface area contributed by atoms with Crippen LogP contribution in [0.2, 0.25) is 0 Å². The molecule has 0 aliphatic carbocycles. The van der Waals surface area contributed by atoms with Gasteiger partial charge in [-0.1, -0.05) is 36.4 Å². The molecule has 2 atom stereocenters. The van der Waals surface area contributed by atoms with Crippen LogP contribution in [0.1, 0.15) is 16.8 Å². The van der Waals surface area contributed by atoms with Gasteiger partial charge in [-0.2, -0.15) is 0 Å². The molecule has 0 unspecified atom stereocenters. The molecular formula is C28H26N4O2. The molecule has 0 radical (unpaired) electrons. The number of nitrogens with one attached hydrogen (secondary N) is 1. The molecule has 2 aromatic carbocycles. The molecule has 1 fully saturated rings. The third-order valence-corrected chi connectivity index (χ3v) is 8.06. The van der Waals surface area contributed by atoms with Crippen molar-refractivity contribution in [1.82, 2.24) is 19.4 Å². The maximum atomic E-state index is 13.4. The number of nitrogens with zero attached hydrogens (tertiary/aromatic N) is 3. The van der Waals surface area contributed by atoms with Crippen LogP contribution in [0.4, 0.5) is 0 Å². The molecular weight excluding hydrogens is 424 g/mol. The molecule has 3 aliphatic heterocycles. The minimum absolute atomic E-state index is 0.294. The minimum atomic E-state index is -0.310. The average Bonchev–Trinajstić information content (AvgIpc) is 3.53. The van der Waals surface area contributed by atoms with Gasteiger partial charge in [0.1, 0.15) is 0 Å². The Bertz CT molecular complexity index is 1570. The second-order valence-corrected chi connectivity index (χ2v) is 10.1. The van der Waals surface area contributed by atoms with Crippen LogP contribution in [0.5, 0.6) is 0 Å². The predicted octanol–water partition coefficient (Wildman–Crippen LogP) is 3.43. The Hall–Kier alpha value is -3.64. The van der Waals surface area contributed by atoms with Crippen molar-refractivity contribution < 1.29 is 9.59 Å². The highest BCUT2D eigenvalue weighted by atomic mass is 16.2. The summed E-state index contributed by atoms with van der Waals surface area (Å²) >= 11 is 0. The molecule has 0 spiro atoms. The smallest absolute Gasteiger partial charge is 0.259 e. The summed E-state index contributed by atoms with van der Waals surface area (Å²) in [6.07, 6.45) is 2.90. The number of likely N-dealkylation sites (tertiary alicyclic amines) is 1. The summed E-state index contributed by atoms with van der Waals surface area (Å²) in [7, 11) is 4.17. The van der Waals surface area contributed by atoms with Crippen molar-refractivity contribution in [1.29, 1.82) is 0 Å². The van der Waals surface area contributed by atoms with E-state index in [1.807, 2.05) is 48.1 Å². The highest BCUT2D eigenvalue weighted by Crippen LogP contribution is 2.44. The molecule has 2 amide bonds. The number of rotatable bonds is 2. The third-order valence-electron chi connectivity index (χ3n) is 8.06. The standard InChI is InChI=1S/C28H26N4O2/c1-30-12-16-11-23-24(19-8-4-6-10-22(19)32(23)14-17(16)13-30)26-25(27(33)29-28(26)34)20-15-31(2)21-9-5-3-7-18(20)21/h3-10,15-17H,11-14H2,1-2H3,(H,29,33,34)/t16-,17-/m0/s1. The first-order valence-corrected chi connectivity index (χ1v) is 11.9. The number of carbonyl (C=O) groups excluding carboxylic acids is 2. The number of para-hydroxylation sites is 2. The number of carbonyl (C=O) groups is 2. The minimum Gasteiger partial charge on any atom is -0.350 e. The number of amides is 2. The molecule has 34 heavy (non-hydrogen) atoms. The van der Waals surface area contributed by atoms with Crippen LogP contribution in [0.15, 0.2) is 54.7 Å². The van der Waals surface area contributed by atoms with E-state index in [1.165, 1.54) is 5.69 Å². The number of hydrogen-bond donors (Lipinski definition) is 1. The van der Waals surface area contributed by atoms with Crippen molar-refractivity contribution in [3.63, 3.8) is 0 Å². The quantitative estimate of drug-likeness (QED) is 0.476. The predicted molar refractivity (Wildman–Crippen MR) is 133 cm³/mol. The Morgan fingerprint density at radius 3 is 2.29 bits per heavy atom. The molecule has 3 aliphatic rings. The lowest BCUT2D eigenvalue weighted by Gasteiger charge is -2.28. The zero-order valence-electron chi connectivity index (χ0n) is 19.3. The molecule has 6 nitrogen and oxygen atoms in total. The number of benzene rings is 2. The molecule has 0 bridgehead atoms. The molecule has 1 saturated heterocycles. The van der Waals surface area contributed by atoms with E-state index >= 15 is 0 Å². The van der Waals surface area contributed by atoms with E-state index in [0.29, 0.717) is 23.0 Å². The van der Waals surface area contributed by atoms with Crippen molar-refractivity contribution >= 4 is 44.8 Å². The van der Waals surface area contributed by atoms with Gasteiger partial charge in [-0.25, -0.2) is 0 Å². The maximum absolute atomic E-state index is 13.4. The molecule has 1 N–H and O–H groups in total. The van der Waals surface area contributed by atoms with Gasteiger partial charge in [0.2, 0.25) is 0 Å². The largest absolute Gasteiger partial charge is 0.350 e. The maximum Gasteiger partial charge on any atom is 0.259 e. The number of hydrogen-bond acceptors (Lipinski definition) is 3. The first kappa shape index (κ1) is 19.8. The van der Waals surface area contributed by atoms with Gasteiger partial charge in [-0.05, 0) is 37.4 Å². The fourth-order valence-corrected chi connectivity index (χ4v) is 6.64. The molecule has 7 rings (SSSR count). The van der Waals surface area contributed by atoms with Crippen LogP contribution in [0, 0.1) is 11.8 Å². The molecule has 4 aromatic rings. The number of imide groups is 1. The molecule has 2 aromatic heterocycles. The molecule has 170 valence electrons. The number of aryl methyl sites for hydroxylation is 1. The fraction of sp³-hybridized carbons (Fsp3) is 0.286. The van der Waals surface area contributed by atoms with Gasteiger partial charge in [0.25, 0.3) is 11.8 Å². The summed E-state index contributed by atoms with van der Waals surface area (Å²) in [6, 6.07) is 16.4. The lowest BCUT2D eigenvalue weighted by Crippen LogP contribution is -2.28. The summed E-state index contributed by atoms with van der Waals surface area (Å²) in [6.45, 7) is 3.14. The lowest BCUT2D eigenvalue weighted by molar-refractivity contribution is -0.122. The first-order chi connectivity index (χ1) is 16.5. The van der Waals surface area contributed by atoms with Gasteiger partial charge in [0.05, 0.1) is 11.1 Å². The van der Waals surface area contributed by atoms with Gasteiger partial charge < -0.3 is 14.0 Å². The molecule has 5 heterocycles. The van der Waals surface area contributed by atoms with Crippen LogP contribution in [-0.2, 0) is 29.6 Å². The Balaban J connectivity index is 1.54. The van der Waals surface area contributed by atoms with E-state index in [9.17, 15) is 9.59 Å². The van der Waals surface area contributed by atoms with E-state index in [-0.39, 0.29) is 11.8 Å². The monoisotopic (exact) mass is 450 g/mol. The van der Waals surface area contributed by atoms with Gasteiger partial charge in [0.15, 0.2) is 0 Å². The normalized spacial score (nSPS) is 22.6. The van der Waals surface area contributed by atoms with E-state index in [0.717, 1.165) is 59.0 Å². The fourth-order valence-electron chi connectivity index (χ4n) is 6.64. The van der Waals surface area contributed by atoms with Gasteiger partial charge in [-0.15, -0.1) is 0 Å². The Labute approximate surface area is 197 Å². The second-order valence-electron chi connectivity index (χ2n) is 10.1. The SMILES string of the molecule is CN1C[C@@H]2Cc3c(C4=C(c5cn(C)c6ccccc56)C(=O)NC4=O)c4ccccc4n3C[C@@H]2C1. The van der Waals surface area contributed by atoms with Crippen molar-refractivity contribution in [2.75, 3.05) is 20.1 Å². The Kier molecular flexibility index (Phi) is 4.04. The van der Waals surface area contributed by atoms with Gasteiger partial charge >= 0.3 is 0 Å². The van der Waals surface area contributed by atoms with Crippen molar-refractivity contribution in [3.8, 4) is 0 Å². The van der Waals surface area contributed by atoms with Crippen LogP contribution < -0.4 is 5.32 Å². The van der Waals surface area contributed by atoms with Crippen LogP contribution in [0.3, 0.4) is 0 Å². The van der Waals surface area contributed by atoms with Crippen LogP contribution >= 0.6 is 0 Å². The third kappa shape index (κ3) is 2.60. The average molecular weight is 451 g/mol. The Morgan fingerprint density at radius 2 is 1.47 bits per heavy atom. The van der Waals surface area contributed by atoms with Crippen LogP contribution in [-0.4, -0.2) is 46.0 Å². The molecule has 0 saturated carbocycles. The van der Waals surface area contributed by atoms with Crippen LogP contribution in [0.25, 0.3) is 33.0 Å². The highest BCUT2D eigenvalue weighted by Gasteiger charge is 2.41. The van der Waals surface area contributed by atoms with Gasteiger partial charge in [-0.3, -0.25) is 14.9 Å². The van der Waals surface area contributed by atoms with E-state index in [4.69, 9.17) is 0 Å². The summed E-state index contributed by atoms with van der Waals surface area (Å²) < 4.78 is 4.44. The summed E-state index contributed by atoms with van der Waals surface area (Å²) in [5.41, 5.74) is 6.15. The zero-order valence-corrected chi connectivity index (χ0v) is 19.3. The zero-order chi connectivity index (χ0) is 23.1. The first-order valence-electron chi connectivity index (χ1n) is 11.9. The number of aromatic nitrogens is 2. The lowest BCUT2D eigenvalue weighted by atomic mass is 9.85. The van der Waals surface area contributed by atoms with E-state index in [1.54, 1.807) is 0 Å². The van der Waals surface area contributed by atoms with Crippen molar-refractivity contribution in [2.45, 2.75) is 13.0 Å². The summed E-state index contributed by atoms with van der Waals surface area (Å²) in [5, 5.41) is 4.67. The molecule has 6 heteroatoms. The van der Waals surface area contributed by atoms with Gasteiger partial charge in [0, 0.05) is 71.5 Å². The summed E-state index contributed by atoms with van der Waals surface area (Å²) in [5.74, 6) is 0.585. The highest BCUT2D eigenvalue weighted by molar-refractivity contribution is 6.51.